The van der Waals surface area contributed by atoms with Crippen molar-refractivity contribution < 1.29 is 47.7 Å². The van der Waals surface area contributed by atoms with E-state index in [1.54, 1.807) is 86.4 Å². The lowest BCUT2D eigenvalue weighted by Crippen LogP contribution is -2.39. The summed E-state index contributed by atoms with van der Waals surface area (Å²) in [6.45, 7) is 18.8. The minimum Gasteiger partial charge on any atom is -0.464 e. The molecule has 0 bridgehead atoms. The van der Waals surface area contributed by atoms with Crippen molar-refractivity contribution in [2.24, 2.45) is 49.3 Å². The zero-order valence-electron chi connectivity index (χ0n) is 67.9. The van der Waals surface area contributed by atoms with Crippen LogP contribution in [0.2, 0.25) is 0 Å². The first kappa shape index (κ1) is 89.5. The van der Waals surface area contributed by atoms with Crippen molar-refractivity contribution in [3.8, 4) is 39.8 Å². The van der Waals surface area contributed by atoms with Crippen LogP contribution in [0.15, 0.2) is 195 Å². The zero-order valence-corrected chi connectivity index (χ0v) is 67.9. The molecule has 11 aromatic rings. The highest BCUT2D eigenvalue weighted by atomic mass is 16.5. The maximum Gasteiger partial charge on any atom is 0.354 e. The van der Waals surface area contributed by atoms with E-state index in [0.29, 0.717) is 30.4 Å². The van der Waals surface area contributed by atoms with Gasteiger partial charge in [-0.2, -0.15) is 10.2 Å². The quantitative estimate of drug-likeness (QED) is 0.0676. The number of nitrogens with one attached hydrogen (secondary N) is 1. The minimum atomic E-state index is -0.847. The van der Waals surface area contributed by atoms with Crippen LogP contribution in [-0.4, -0.2) is 217 Å². The number of nitrogens with zero attached hydrogens (tertiary/aromatic N) is 18. The molecule has 594 valence electrons. The Morgan fingerprint density at radius 2 is 1.06 bits per heavy atom. The van der Waals surface area contributed by atoms with E-state index in [9.17, 15) is 28.8 Å². The number of para-hydroxylation sites is 1. The molecular weight excluding hydrogens is 1410 g/mol. The predicted octanol–water partition coefficient (Wildman–Crippen LogP) is 11.1. The number of hydrogen-bond acceptors (Lipinski definition) is 17. The Bertz CT molecular complexity index is 4400. The van der Waals surface area contributed by atoms with Gasteiger partial charge in [-0.05, 0) is 91.4 Å². The van der Waals surface area contributed by atoms with E-state index in [1.807, 2.05) is 210 Å². The number of likely N-dealkylation sites (N-methyl/N-ethyl adjacent to an activating group) is 5. The molecule has 3 aliphatic heterocycles. The number of urea groups is 2. The molecule has 4 aromatic carbocycles. The molecule has 7 amide bonds. The maximum atomic E-state index is 11.8. The summed E-state index contributed by atoms with van der Waals surface area (Å²) in [5.41, 5.74) is 9.50. The Morgan fingerprint density at radius 3 is 1.41 bits per heavy atom. The summed E-state index contributed by atoms with van der Waals surface area (Å²) in [6, 6.07) is 46.5. The molecule has 10 heterocycles. The van der Waals surface area contributed by atoms with Gasteiger partial charge in [0.1, 0.15) is 28.9 Å². The van der Waals surface area contributed by atoms with Crippen molar-refractivity contribution in [1.29, 1.82) is 0 Å². The van der Waals surface area contributed by atoms with Crippen LogP contribution in [0.1, 0.15) is 76.4 Å². The number of benzene rings is 4. The van der Waals surface area contributed by atoms with E-state index < -0.39 is 12.5 Å². The zero-order chi connectivity index (χ0) is 81.7. The summed E-state index contributed by atoms with van der Waals surface area (Å²) in [7, 11) is 23.0. The van der Waals surface area contributed by atoms with Gasteiger partial charge in [0, 0.05) is 176 Å². The molecule has 29 nitrogen and oxygen atoms in total. The van der Waals surface area contributed by atoms with Crippen LogP contribution < -0.4 is 10.1 Å². The van der Waals surface area contributed by atoms with E-state index in [4.69, 9.17) is 14.2 Å². The number of aryl methyl sites for hydroxylation is 12. The van der Waals surface area contributed by atoms with Gasteiger partial charge in [-0.25, -0.2) is 34.3 Å². The van der Waals surface area contributed by atoms with Crippen LogP contribution >= 0.6 is 0 Å². The van der Waals surface area contributed by atoms with Gasteiger partial charge in [0.25, 0.3) is 23.9 Å². The Kier molecular flexibility index (Phi) is 37.4. The topological polar surface area (TPSA) is 279 Å². The van der Waals surface area contributed by atoms with E-state index in [1.165, 1.54) is 36.7 Å². The second kappa shape index (κ2) is 46.3. The van der Waals surface area contributed by atoms with Crippen molar-refractivity contribution >= 4 is 35.8 Å². The summed E-state index contributed by atoms with van der Waals surface area (Å²) in [5.74, 6) is 3.04. The SMILES string of the molecule is CCCCOC1C(=O)N(C)C(=O)N1C.CCN1C(=O)N(C)C(=O)C1Oc1ccccc1.CN1CCOCC1.CNC(=O)c1nccn1C.COC(=O)c1cccn1C.Cc1cc(C)n(C)n1.Cc1cn(C)c(-c2ccccc2)n1.Cc1cn(C)c(-c2ccccc2)n1.Cc1nccn1C.Cn1ccc(-c2ccccc2)n1. The molecule has 1 N–H and O–H groups in total. The number of unbranched alkanes of at least 4 members (excludes halogenated alkanes) is 1. The number of imidazole rings is 4. The van der Waals surface area contributed by atoms with Crippen LogP contribution in [0.3, 0.4) is 0 Å². The van der Waals surface area contributed by atoms with Crippen molar-refractivity contribution in [3.05, 3.63) is 235 Å². The number of esters is 1. The van der Waals surface area contributed by atoms with Crippen LogP contribution in [-0.2, 0) is 73.1 Å². The van der Waals surface area contributed by atoms with Gasteiger partial charge >= 0.3 is 18.0 Å². The average Bonchev–Trinajstić information content (AvgIpc) is 1.67. The molecule has 2 atom stereocenters. The lowest BCUT2D eigenvalue weighted by Gasteiger charge is -2.21. The summed E-state index contributed by atoms with van der Waals surface area (Å²) >= 11 is 0. The summed E-state index contributed by atoms with van der Waals surface area (Å²) in [4.78, 5) is 91.9. The number of rotatable bonds is 12. The normalized spacial score (nSPS) is 14.0. The molecule has 111 heavy (non-hydrogen) atoms. The van der Waals surface area contributed by atoms with Gasteiger partial charge in [-0.1, -0.05) is 123 Å². The first-order valence-electron chi connectivity index (χ1n) is 36.2. The highest BCUT2D eigenvalue weighted by Gasteiger charge is 2.44. The fourth-order valence-corrected chi connectivity index (χ4v) is 10.4. The van der Waals surface area contributed by atoms with Crippen LogP contribution in [0.25, 0.3) is 34.0 Å². The van der Waals surface area contributed by atoms with Gasteiger partial charge in [0.05, 0.1) is 43.1 Å². The average molecular weight is 1520 g/mol. The maximum absolute atomic E-state index is 11.8. The predicted molar refractivity (Wildman–Crippen MR) is 430 cm³/mol. The van der Waals surface area contributed by atoms with E-state index in [0.717, 1.165) is 106 Å². The fraction of sp³-hybridized carbons (Fsp3) is 0.366. The molecule has 3 fully saturated rings. The molecule has 0 spiro atoms. The highest BCUT2D eigenvalue weighted by Crippen LogP contribution is 2.22. The molecule has 7 aromatic heterocycles. The smallest absolute Gasteiger partial charge is 0.354 e. The molecule has 3 aliphatic rings. The Hall–Kier alpha value is -12.1. The Labute approximate surface area is 652 Å². The van der Waals surface area contributed by atoms with E-state index >= 15 is 0 Å². The second-order valence-electron chi connectivity index (χ2n) is 25.7. The number of carbonyl (C=O) groups is 6. The van der Waals surface area contributed by atoms with Crippen LogP contribution in [0.4, 0.5) is 9.59 Å². The third-order valence-corrected chi connectivity index (χ3v) is 16.9. The molecule has 14 rings (SSSR count). The molecular formula is C82H111N19O10. The largest absolute Gasteiger partial charge is 0.464 e. The third-order valence-electron chi connectivity index (χ3n) is 16.9. The van der Waals surface area contributed by atoms with Crippen LogP contribution in [0.5, 0.6) is 5.75 Å². The number of morpholine rings is 1. The minimum absolute atomic E-state index is 0.160. The third kappa shape index (κ3) is 28.5. The van der Waals surface area contributed by atoms with E-state index in [-0.39, 0.29) is 35.8 Å². The number of carbonyl (C=O) groups excluding carboxylic acids is 6. The molecule has 0 saturated carbocycles. The van der Waals surface area contributed by atoms with Crippen molar-refractivity contribution in [3.63, 3.8) is 0 Å². The first-order chi connectivity index (χ1) is 53.0. The van der Waals surface area contributed by atoms with Gasteiger partial charge < -0.3 is 52.0 Å². The monoisotopic (exact) mass is 1520 g/mol. The van der Waals surface area contributed by atoms with Gasteiger partial charge in [-0.15, -0.1) is 0 Å². The molecule has 0 radical (unpaired) electrons. The van der Waals surface area contributed by atoms with Crippen molar-refractivity contribution in [2.45, 2.75) is 73.8 Å². The second-order valence-corrected chi connectivity index (χ2v) is 25.7. The number of amides is 7. The lowest BCUT2D eigenvalue weighted by atomic mass is 10.2. The van der Waals surface area contributed by atoms with E-state index in [2.05, 4.69) is 94.6 Å². The summed E-state index contributed by atoms with van der Waals surface area (Å²) in [6.07, 6.45) is 15.2. The standard InChI is InChI=1S/C12H14N2O3.2C11H12N2.C10H10N2.C9H16N2O3.C7H9NO2.C6H9N3O.C6H10N2.C5H8N2.C5H11NO/c1-3-14-11(10(15)13(2)12(14)16)17-9-7-5-4-6-8-9;2*1-9-8-13(2)11(12-9)10-6-4-3-5-7-10;1-12-8-7-10(11-12)9-5-3-2-4-6-9;1-4-5-6-14-8-7(12)10(2)9(13)11(8)3;1-8-5-3-4-6(8)7(9)10-2;1-7-6(10)5-8-3-4-9(5)2;1-5-4-6(2)8(3)7-5;1-5-6-3-4-7(5)2;1-6-2-4-7-5-3-6/h4-8,11H,3H2,1-2H3;2*3-8H,1-2H3;2-8H,1H3;8H,4-6H2,1-3H3;3-5H,1-2H3;3-4H,1-2H3,(H,7,10);4H,1-3H3;3-4H,1-2H3;2-5H2,1H3. The number of ether oxygens (including phenoxy) is 4. The summed E-state index contributed by atoms with van der Waals surface area (Å²) < 4.78 is 33.6. The van der Waals surface area contributed by atoms with Crippen LogP contribution in [0, 0.1) is 34.6 Å². The van der Waals surface area contributed by atoms with Crippen molar-refractivity contribution in [1.82, 2.24) is 92.1 Å². The number of hydrogen-bond donors (Lipinski definition) is 1. The first-order valence-corrected chi connectivity index (χ1v) is 36.2. The Balaban J connectivity index is 0.000000223. The van der Waals surface area contributed by atoms with Gasteiger partial charge in [0.15, 0.2) is 5.82 Å². The summed E-state index contributed by atoms with van der Waals surface area (Å²) in [5, 5.41) is 10.9. The van der Waals surface area contributed by atoms with Gasteiger partial charge in [0.2, 0.25) is 6.23 Å². The van der Waals surface area contributed by atoms with Crippen molar-refractivity contribution in [2.75, 3.05) is 81.8 Å². The molecule has 3 saturated heterocycles. The number of aromatic nitrogens is 13. The Morgan fingerprint density at radius 1 is 0.550 bits per heavy atom. The van der Waals surface area contributed by atoms with Gasteiger partial charge in [-0.3, -0.25) is 43.3 Å². The highest BCUT2D eigenvalue weighted by molar-refractivity contribution is 6.03. The molecule has 2 unspecified atom stereocenters. The molecule has 29 heteroatoms. The number of methoxy groups -OCH3 is 1. The fourth-order valence-electron chi connectivity index (χ4n) is 10.4. The number of imide groups is 2. The molecule has 0 aliphatic carbocycles. The lowest BCUT2D eigenvalue weighted by molar-refractivity contribution is -0.140.